The summed E-state index contributed by atoms with van der Waals surface area (Å²) in [6.07, 6.45) is 0. The maximum Gasteiger partial charge on any atom is 1.00 e. The van der Waals surface area contributed by atoms with Crippen LogP contribution in [-0.4, -0.2) is 126 Å². The third kappa shape index (κ3) is 14.8. The Balaban J connectivity index is 0.000000414. The number of halogens is 6. The molecule has 0 saturated heterocycles. The molecule has 2 aromatic heterocycles. The number of pyridine rings is 2. The predicted octanol–water partition coefficient (Wildman–Crippen LogP) is 8.20. The van der Waals surface area contributed by atoms with Crippen LogP contribution in [0.15, 0.2) is 70.6 Å². The Morgan fingerprint density at radius 3 is 1.00 bits per heavy atom. The van der Waals surface area contributed by atoms with Crippen LogP contribution in [0.1, 0.15) is 0 Å². The normalized spacial score (nSPS) is 12.0. The molecule has 4 aromatic rings. The first-order chi connectivity index (χ1) is 22.2. The zero-order chi connectivity index (χ0) is 37.5. The van der Waals surface area contributed by atoms with Gasteiger partial charge in [0.05, 0.1) is 22.4 Å². The van der Waals surface area contributed by atoms with E-state index in [4.69, 9.17) is 20.0 Å². The quantitative estimate of drug-likeness (QED) is 0.0676. The molecule has 0 spiro atoms. The maximum absolute atomic E-state index is 10.7. The summed E-state index contributed by atoms with van der Waals surface area (Å²) in [5, 5.41) is 2.19. The van der Waals surface area contributed by atoms with Gasteiger partial charge in [-0.1, -0.05) is 24.3 Å². The first kappa shape index (κ1) is 44.0. The largest absolute Gasteiger partial charge is 1.00 e. The van der Waals surface area contributed by atoms with E-state index < -0.39 is 7.81 Å². The van der Waals surface area contributed by atoms with Crippen LogP contribution in [0, 0.1) is 0 Å². The number of para-hydroxylation sites is 2. The minimum Gasteiger partial charge on any atom is 1.00 e. The smallest absolute Gasteiger partial charge is 1.00 e. The summed E-state index contributed by atoms with van der Waals surface area (Å²) < 4.78 is 59.2. The van der Waals surface area contributed by atoms with Gasteiger partial charge in [0, 0.05) is 95.3 Å². The van der Waals surface area contributed by atoms with Crippen molar-refractivity contribution in [3.8, 4) is 0 Å². The minimum absolute atomic E-state index is 0. The van der Waals surface area contributed by atoms with Gasteiger partial charge in [0.1, 0.15) is 11.6 Å². The van der Waals surface area contributed by atoms with Crippen LogP contribution in [0.3, 0.4) is 0 Å². The van der Waals surface area contributed by atoms with Crippen molar-refractivity contribution in [2.45, 2.75) is 0 Å². The molecule has 0 bridgehead atoms. The molecule has 0 aliphatic heterocycles. The maximum atomic E-state index is 9.87. The molecule has 0 saturated carbocycles. The van der Waals surface area contributed by atoms with E-state index in [9.17, 15) is 25.2 Å². The average molecular weight is 779 g/mol. The predicted molar refractivity (Wildman–Crippen MR) is 195 cm³/mol. The van der Waals surface area contributed by atoms with Gasteiger partial charge in [-0.3, -0.25) is 0 Å². The van der Waals surface area contributed by atoms with E-state index in [-0.39, 0.29) is 17.1 Å². The summed E-state index contributed by atoms with van der Waals surface area (Å²) in [7, 11) is 13.2. The van der Waals surface area contributed by atoms with Crippen molar-refractivity contribution in [2.24, 2.45) is 9.98 Å². The summed E-state index contributed by atoms with van der Waals surface area (Å²) in [6, 6.07) is 20.4. The first-order valence-electron chi connectivity index (χ1n) is 14.8. The summed E-state index contributed by atoms with van der Waals surface area (Å²) in [5.74, 6) is 3.64. The topological polar surface area (TPSA) is 69.9 Å². The van der Waals surface area contributed by atoms with Crippen LogP contribution >= 0.6 is 7.81 Å². The number of hydrogen-bond donors (Lipinski definition) is 0. The fourth-order valence-electron chi connectivity index (χ4n) is 4.34. The van der Waals surface area contributed by atoms with Crippen molar-refractivity contribution in [1.82, 2.24) is 29.6 Å². The first-order valence-corrected chi connectivity index (χ1v) is 16.8. The van der Waals surface area contributed by atoms with Gasteiger partial charge in [0.2, 0.25) is 11.9 Å². The van der Waals surface area contributed by atoms with Crippen molar-refractivity contribution in [3.63, 3.8) is 0 Å². The number of aliphatic imine (C=N–C) groups is 2. The number of benzene rings is 2. The van der Waals surface area contributed by atoms with E-state index in [1.165, 1.54) is 0 Å². The molecule has 50 heavy (non-hydrogen) atoms. The van der Waals surface area contributed by atoms with Crippen LogP contribution in [0.25, 0.3) is 21.8 Å². The Morgan fingerprint density at radius 2 is 0.760 bits per heavy atom. The third-order valence-corrected chi connectivity index (χ3v) is 6.33. The van der Waals surface area contributed by atoms with E-state index in [0.29, 0.717) is 0 Å². The monoisotopic (exact) mass is 778 g/mol. The van der Waals surface area contributed by atoms with Crippen LogP contribution in [0.4, 0.5) is 48.2 Å². The van der Waals surface area contributed by atoms with Gasteiger partial charge in [-0.05, 0) is 36.4 Å². The van der Waals surface area contributed by atoms with E-state index >= 15 is 0 Å². The molecular formula is C32H46CuF6N10P. The van der Waals surface area contributed by atoms with Crippen molar-refractivity contribution in [3.05, 3.63) is 60.7 Å². The molecule has 282 valence electrons. The Bertz CT molecular complexity index is 1650. The molecule has 0 radical (unpaired) electrons. The molecule has 2 aromatic carbocycles. The summed E-state index contributed by atoms with van der Waals surface area (Å²) in [5.41, 5.74) is 3.61. The van der Waals surface area contributed by atoms with E-state index in [2.05, 4.69) is 24.3 Å². The molecular weight excluding hydrogens is 733 g/mol. The second-order valence-corrected chi connectivity index (χ2v) is 14.1. The van der Waals surface area contributed by atoms with Crippen molar-refractivity contribution >= 4 is 64.5 Å². The SMILES string of the molecule is CN(C)C(=Nc1cccc2ccc(N(C)C)nc12)N(C)C.CN(C)C(=Nc1cccc2ccc(N(C)C)nc12)N(C)C.F[P-](F)(F)(F)(F)F.[Cu+]. The number of aromatic nitrogens is 2. The number of nitrogens with zero attached hydrogens (tertiary/aromatic N) is 10. The van der Waals surface area contributed by atoms with Gasteiger partial charge in [0.25, 0.3) is 0 Å². The molecule has 0 aliphatic carbocycles. The number of hydrogen-bond acceptors (Lipinski definition) is 6. The van der Waals surface area contributed by atoms with Crippen LogP contribution in [-0.2, 0) is 17.1 Å². The Kier molecular flexibility index (Phi) is 14.3. The zero-order valence-electron chi connectivity index (χ0n) is 30.3. The second-order valence-electron chi connectivity index (χ2n) is 12.2. The molecule has 10 nitrogen and oxygen atoms in total. The van der Waals surface area contributed by atoms with Gasteiger partial charge in [-0.15, -0.1) is 0 Å². The van der Waals surface area contributed by atoms with Crippen LogP contribution in [0.5, 0.6) is 0 Å². The molecule has 0 unspecified atom stereocenters. The molecule has 2 heterocycles. The van der Waals surface area contributed by atoms with Gasteiger partial charge >= 0.3 is 50.1 Å². The van der Waals surface area contributed by atoms with Crippen LogP contribution in [0.2, 0.25) is 0 Å². The van der Waals surface area contributed by atoms with Gasteiger partial charge in [-0.25, -0.2) is 20.0 Å². The fraction of sp³-hybridized carbons (Fsp3) is 0.375. The number of fused-ring (bicyclic) bond motifs is 2. The van der Waals surface area contributed by atoms with E-state index in [1.54, 1.807) is 0 Å². The molecule has 4 rings (SSSR count). The Labute approximate surface area is 300 Å². The van der Waals surface area contributed by atoms with E-state index in [1.807, 2.05) is 150 Å². The number of guanidine groups is 2. The van der Waals surface area contributed by atoms with E-state index in [0.717, 1.165) is 56.7 Å². The Hall–Kier alpha value is -4.07. The van der Waals surface area contributed by atoms with Gasteiger partial charge < -0.3 is 29.4 Å². The molecule has 0 aliphatic rings. The standard InChI is InChI=1S/2C16H23N5.Cu.F6P/c2*1-19(2)14-11-10-12-8-7-9-13(15(12)18-14)17-16(20(3)4)21(5)6;;1-7(2,3,4,5)6/h2*7-11H,1-6H3;;/q;;+1;-1. The zero-order valence-corrected chi connectivity index (χ0v) is 32.1. The van der Waals surface area contributed by atoms with Gasteiger partial charge in [-0.2, -0.15) is 0 Å². The Morgan fingerprint density at radius 1 is 0.480 bits per heavy atom. The molecule has 0 fully saturated rings. The molecule has 18 heteroatoms. The minimum atomic E-state index is -10.7. The van der Waals surface area contributed by atoms with Crippen LogP contribution < -0.4 is 9.80 Å². The van der Waals surface area contributed by atoms with Gasteiger partial charge in [0.15, 0.2) is 0 Å². The van der Waals surface area contributed by atoms with Crippen molar-refractivity contribution in [2.75, 3.05) is 94.4 Å². The fourth-order valence-corrected chi connectivity index (χ4v) is 4.34. The summed E-state index contributed by atoms with van der Waals surface area (Å²) in [4.78, 5) is 31.0. The molecule has 0 atom stereocenters. The second kappa shape index (κ2) is 16.3. The third-order valence-electron chi connectivity index (χ3n) is 6.33. The summed E-state index contributed by atoms with van der Waals surface area (Å²) >= 11 is 0. The molecule has 0 N–H and O–H groups in total. The average Bonchev–Trinajstić information content (AvgIpc) is 2.96. The molecule has 0 amide bonds. The number of rotatable bonds is 4. The van der Waals surface area contributed by atoms with Crippen molar-refractivity contribution < 1.29 is 42.3 Å². The van der Waals surface area contributed by atoms with Crippen molar-refractivity contribution in [1.29, 1.82) is 0 Å². The number of anilines is 2. The summed E-state index contributed by atoms with van der Waals surface area (Å²) in [6.45, 7) is 0.